The van der Waals surface area contributed by atoms with E-state index in [1.807, 2.05) is 0 Å². The molecule has 5 N–H and O–H groups in total. The number of nitrogens with zero attached hydrogens (tertiary/aromatic N) is 1. The first-order valence-corrected chi connectivity index (χ1v) is 8.56. The number of methoxy groups -OCH3 is 1. The van der Waals surface area contributed by atoms with Crippen molar-refractivity contribution in [3.8, 4) is 17.1 Å². The number of carbonyl (C=O) groups is 1. The number of rotatable bonds is 5. The van der Waals surface area contributed by atoms with Crippen LogP contribution in [0.15, 0.2) is 34.7 Å². The highest BCUT2D eigenvalue weighted by Gasteiger charge is 2.29. The van der Waals surface area contributed by atoms with Crippen molar-refractivity contribution in [3.05, 3.63) is 36.1 Å². The fourth-order valence-corrected chi connectivity index (χ4v) is 2.38. The molecule has 1 aromatic heterocycles. The quantitative estimate of drug-likeness (QED) is 0.396. The van der Waals surface area contributed by atoms with E-state index in [0.29, 0.717) is 17.6 Å². The number of carbonyl (C=O) groups excluding carboxylic acids is 1. The van der Waals surface area contributed by atoms with E-state index in [0.717, 1.165) is 0 Å². The average molecular weight is 368 g/mol. The van der Waals surface area contributed by atoms with Crippen LogP contribution < -0.4 is 16.2 Å². The number of hydroxylamine groups is 2. The third-order valence-electron chi connectivity index (χ3n) is 2.94. The van der Waals surface area contributed by atoms with Crippen LogP contribution >= 0.6 is 0 Å². The van der Waals surface area contributed by atoms with Gasteiger partial charge in [0.25, 0.3) is 10.1 Å². The predicted octanol–water partition coefficient (Wildman–Crippen LogP) is 0.764. The molecule has 11 heteroatoms. The zero-order valence-electron chi connectivity index (χ0n) is 13.3. The first kappa shape index (κ1) is 18.3. The molecule has 0 bridgehead atoms. The van der Waals surface area contributed by atoms with Crippen LogP contribution in [0.2, 0.25) is 0 Å². The number of guanidine groups is 1. The molecule has 2 rings (SSSR count). The van der Waals surface area contributed by atoms with E-state index in [2.05, 4.69) is 4.28 Å². The van der Waals surface area contributed by atoms with Gasteiger partial charge in [0.05, 0.1) is 24.6 Å². The molecule has 0 aliphatic carbocycles. The number of benzene rings is 1. The number of hydrogen-bond donors (Lipinski definition) is 3. The maximum Gasteiger partial charge on any atom is 0.323 e. The zero-order valence-corrected chi connectivity index (χ0v) is 14.2. The number of para-hydroxylation sites is 1. The van der Waals surface area contributed by atoms with Crippen LogP contribution in [0.3, 0.4) is 0 Å². The molecule has 10 nitrogen and oxygen atoms in total. The summed E-state index contributed by atoms with van der Waals surface area (Å²) < 4.78 is 37.5. The Morgan fingerprint density at radius 3 is 2.52 bits per heavy atom. The van der Waals surface area contributed by atoms with Crippen LogP contribution in [-0.2, 0) is 14.4 Å². The molecule has 2 aromatic rings. The van der Waals surface area contributed by atoms with E-state index in [9.17, 15) is 13.2 Å². The maximum absolute atomic E-state index is 12.4. The van der Waals surface area contributed by atoms with Crippen LogP contribution in [-0.4, -0.2) is 38.7 Å². The molecule has 1 aromatic carbocycles. The fraction of sp³-hybridized carbons (Fsp3) is 0.143. The lowest BCUT2D eigenvalue weighted by Crippen LogP contribution is -2.42. The number of nitrogen functional groups attached to an aromatic ring is 1. The van der Waals surface area contributed by atoms with Gasteiger partial charge in [-0.1, -0.05) is 12.1 Å². The minimum Gasteiger partial charge on any atom is -0.496 e. The van der Waals surface area contributed by atoms with E-state index in [1.54, 1.807) is 24.3 Å². The molecule has 0 aliphatic heterocycles. The number of amides is 1. The number of anilines is 1. The van der Waals surface area contributed by atoms with Gasteiger partial charge in [-0.25, -0.2) is 0 Å². The molecular weight excluding hydrogens is 352 g/mol. The Hall–Kier alpha value is -3.05. The summed E-state index contributed by atoms with van der Waals surface area (Å²) in [5.41, 5.74) is 11.4. The summed E-state index contributed by atoms with van der Waals surface area (Å²) >= 11 is 0. The minimum atomic E-state index is -4.11. The molecule has 0 saturated heterocycles. The molecular formula is C14H16N4O6S. The third-order valence-corrected chi connectivity index (χ3v) is 3.36. The van der Waals surface area contributed by atoms with Crippen LogP contribution in [0.1, 0.15) is 10.6 Å². The number of furan rings is 1. The third kappa shape index (κ3) is 4.08. The van der Waals surface area contributed by atoms with Gasteiger partial charge in [0.1, 0.15) is 11.5 Å². The fourth-order valence-electron chi connectivity index (χ4n) is 1.96. The Morgan fingerprint density at radius 2 is 1.96 bits per heavy atom. The Bertz CT molecular complexity index is 921. The van der Waals surface area contributed by atoms with Gasteiger partial charge in [-0.3, -0.25) is 10.2 Å². The normalized spacial score (nSPS) is 11.1. The van der Waals surface area contributed by atoms with Gasteiger partial charge in [0, 0.05) is 6.07 Å². The lowest BCUT2D eigenvalue weighted by molar-refractivity contribution is 0.0174. The topological polar surface area (TPSA) is 162 Å². The second kappa shape index (κ2) is 6.83. The van der Waals surface area contributed by atoms with Crippen molar-refractivity contribution in [2.75, 3.05) is 19.1 Å². The largest absolute Gasteiger partial charge is 0.496 e. The highest BCUT2D eigenvalue weighted by Crippen LogP contribution is 2.34. The Balaban J connectivity index is 2.45. The van der Waals surface area contributed by atoms with Crippen molar-refractivity contribution < 1.29 is 26.7 Å². The second-order valence-corrected chi connectivity index (χ2v) is 6.42. The average Bonchev–Trinajstić information content (AvgIpc) is 2.92. The van der Waals surface area contributed by atoms with E-state index in [-0.39, 0.29) is 16.5 Å². The summed E-state index contributed by atoms with van der Waals surface area (Å²) in [6.07, 6.45) is 0.696. The molecule has 0 spiro atoms. The molecule has 0 saturated carbocycles. The van der Waals surface area contributed by atoms with Crippen LogP contribution in [0.25, 0.3) is 11.3 Å². The van der Waals surface area contributed by atoms with Gasteiger partial charge in [-0.15, -0.1) is 9.35 Å². The van der Waals surface area contributed by atoms with Crippen molar-refractivity contribution in [2.24, 2.45) is 5.73 Å². The van der Waals surface area contributed by atoms with Gasteiger partial charge in [0.15, 0.2) is 0 Å². The number of nitrogens with two attached hydrogens (primary N) is 2. The van der Waals surface area contributed by atoms with E-state index in [4.69, 9.17) is 26.0 Å². The summed E-state index contributed by atoms with van der Waals surface area (Å²) in [4.78, 5) is 12.4. The molecule has 0 atom stereocenters. The summed E-state index contributed by atoms with van der Waals surface area (Å²) in [5, 5.41) is 7.37. The number of nitrogens with one attached hydrogen (secondary N) is 1. The van der Waals surface area contributed by atoms with Crippen molar-refractivity contribution >= 4 is 27.7 Å². The minimum absolute atomic E-state index is 0.0660. The highest BCUT2D eigenvalue weighted by molar-refractivity contribution is 7.85. The number of ether oxygens (including phenoxy) is 1. The predicted molar refractivity (Wildman–Crippen MR) is 89.1 cm³/mol. The summed E-state index contributed by atoms with van der Waals surface area (Å²) in [6.45, 7) is 0. The van der Waals surface area contributed by atoms with Gasteiger partial charge in [-0.2, -0.15) is 8.42 Å². The molecule has 1 amide bonds. The van der Waals surface area contributed by atoms with Crippen molar-refractivity contribution in [1.82, 2.24) is 5.06 Å². The van der Waals surface area contributed by atoms with Crippen LogP contribution in [0, 0.1) is 5.41 Å². The zero-order chi connectivity index (χ0) is 18.8. The standard InChI is InChI=1S/C14H16N4O6S/c1-22-10-6-4-3-5-8(10)11-7-9(15)12(23-11)13(19)18(14(16)17)24-25(2,20)21/h3-7H,15H2,1-2H3,(H3,16,17). The molecule has 0 unspecified atom stereocenters. The van der Waals surface area contributed by atoms with Gasteiger partial charge in [0.2, 0.25) is 11.7 Å². The van der Waals surface area contributed by atoms with Crippen LogP contribution in [0.4, 0.5) is 5.69 Å². The first-order chi connectivity index (χ1) is 11.6. The number of hydrogen-bond acceptors (Lipinski definition) is 8. The second-order valence-electron chi connectivity index (χ2n) is 4.86. The molecule has 0 radical (unpaired) electrons. The van der Waals surface area contributed by atoms with Gasteiger partial charge in [-0.05, 0) is 12.1 Å². The van der Waals surface area contributed by atoms with Crippen molar-refractivity contribution in [1.29, 1.82) is 5.41 Å². The molecule has 0 fully saturated rings. The van der Waals surface area contributed by atoms with Crippen molar-refractivity contribution in [2.45, 2.75) is 0 Å². The van der Waals surface area contributed by atoms with E-state index >= 15 is 0 Å². The Labute approximate surface area is 143 Å². The smallest absolute Gasteiger partial charge is 0.323 e. The van der Waals surface area contributed by atoms with Crippen LogP contribution in [0.5, 0.6) is 5.75 Å². The molecule has 25 heavy (non-hydrogen) atoms. The SMILES string of the molecule is COc1ccccc1-c1cc(N)c(C(=O)N(OS(C)(=O)=O)C(=N)N)o1. The van der Waals surface area contributed by atoms with E-state index < -0.39 is 27.7 Å². The first-order valence-electron chi connectivity index (χ1n) is 6.74. The lowest BCUT2D eigenvalue weighted by atomic mass is 10.1. The summed E-state index contributed by atoms with van der Waals surface area (Å²) in [7, 11) is -2.64. The van der Waals surface area contributed by atoms with Gasteiger partial charge >= 0.3 is 5.91 Å². The molecule has 134 valence electrons. The van der Waals surface area contributed by atoms with Crippen molar-refractivity contribution in [3.63, 3.8) is 0 Å². The monoisotopic (exact) mass is 368 g/mol. The molecule has 1 heterocycles. The van der Waals surface area contributed by atoms with Gasteiger partial charge < -0.3 is 20.6 Å². The molecule has 0 aliphatic rings. The Morgan fingerprint density at radius 1 is 1.32 bits per heavy atom. The Kier molecular flexibility index (Phi) is 4.99. The summed E-state index contributed by atoms with van der Waals surface area (Å²) in [5.74, 6) is -1.84. The maximum atomic E-state index is 12.4. The van der Waals surface area contributed by atoms with E-state index in [1.165, 1.54) is 13.2 Å². The highest BCUT2D eigenvalue weighted by atomic mass is 32.2. The summed E-state index contributed by atoms with van der Waals surface area (Å²) in [6, 6.07) is 8.21. The lowest BCUT2D eigenvalue weighted by Gasteiger charge is -2.16.